The summed E-state index contributed by atoms with van der Waals surface area (Å²) in [7, 11) is 1.56. The van der Waals surface area contributed by atoms with E-state index in [4.69, 9.17) is 14.7 Å². The maximum Gasteiger partial charge on any atom is 0.406 e. The van der Waals surface area contributed by atoms with Gasteiger partial charge in [0.1, 0.15) is 18.5 Å². The van der Waals surface area contributed by atoms with Crippen molar-refractivity contribution in [3.8, 4) is 16.9 Å². The zero-order valence-corrected chi connectivity index (χ0v) is 24.7. The minimum atomic E-state index is -4.45. The number of nitrogens with zero attached hydrogens (tertiary/aromatic N) is 7. The number of hydrogen-bond donors (Lipinski definition) is 2. The number of imidazole rings is 1. The van der Waals surface area contributed by atoms with Crippen molar-refractivity contribution in [3.05, 3.63) is 84.3 Å². The van der Waals surface area contributed by atoms with Gasteiger partial charge >= 0.3 is 12.2 Å². The predicted octanol–water partition coefficient (Wildman–Crippen LogP) is 4.81. The molecule has 1 saturated heterocycles. The number of methoxy groups -OCH3 is 1. The van der Waals surface area contributed by atoms with Gasteiger partial charge in [-0.2, -0.15) is 27.7 Å². The average molecular weight is 640 g/mol. The highest BCUT2D eigenvalue weighted by Gasteiger charge is 2.37. The molecule has 1 aliphatic rings. The van der Waals surface area contributed by atoms with Gasteiger partial charge in [0.2, 0.25) is 5.95 Å². The second-order valence-electron chi connectivity index (χ2n) is 10.6. The second-order valence-corrected chi connectivity index (χ2v) is 10.6. The van der Waals surface area contributed by atoms with Crippen LogP contribution in [0.4, 0.5) is 28.2 Å². The number of halogens is 4. The Bertz CT molecular complexity index is 1840. The number of hydroxylamine groups is 2. The van der Waals surface area contributed by atoms with E-state index in [2.05, 4.69) is 25.6 Å². The van der Waals surface area contributed by atoms with Crippen LogP contribution >= 0.6 is 0 Å². The molecule has 5 aromatic rings. The smallest absolute Gasteiger partial charge is 0.383 e. The molecule has 6 rings (SSSR count). The Morgan fingerprint density at radius 3 is 2.67 bits per heavy atom. The number of carbonyl (C=O) groups excluding carboxylic acids is 1. The highest BCUT2D eigenvalue weighted by molar-refractivity contribution is 5.91. The number of carbonyl (C=O) groups is 1. The Hall–Kier alpha value is -4.93. The molecule has 2 amide bonds. The van der Waals surface area contributed by atoms with Gasteiger partial charge in [0, 0.05) is 43.7 Å². The van der Waals surface area contributed by atoms with Gasteiger partial charge in [0.15, 0.2) is 5.65 Å². The predicted molar refractivity (Wildman–Crippen MR) is 158 cm³/mol. The third kappa shape index (κ3) is 6.68. The molecule has 1 aromatic carbocycles. The fraction of sp³-hybridized carbons (Fsp3) is 0.300. The van der Waals surface area contributed by atoms with E-state index >= 15 is 0 Å². The molecular weight excluding hydrogens is 610 g/mol. The molecule has 0 bridgehead atoms. The Kier molecular flexibility index (Phi) is 8.66. The molecule has 4 aromatic heterocycles. The quantitative estimate of drug-likeness (QED) is 0.174. The van der Waals surface area contributed by atoms with E-state index in [1.165, 1.54) is 23.1 Å². The standard InChI is InChI=1S/C30H29F4N9O3/c1-18-25(20-12-23-27(36-14-20)37-17-41(23)16-30(32,33)34)40-43(21-6-4-3-5-7-21)28(18)39-29(44)38-22-15-42(10-11-45-2)46-26(22)19-8-9-35-24(31)13-19/h3-9,12-14,17,22,26H,10-11,15-16H2,1-2H3,(H2,38,39,44)/t22-,26+/m1/s1. The summed E-state index contributed by atoms with van der Waals surface area (Å²) in [5, 5.41) is 12.2. The number of pyridine rings is 2. The van der Waals surface area contributed by atoms with E-state index in [9.17, 15) is 22.4 Å². The van der Waals surface area contributed by atoms with Crippen LogP contribution in [-0.4, -0.2) is 79.4 Å². The minimum absolute atomic E-state index is 0.160. The molecular formula is C30H29F4N9O3. The highest BCUT2D eigenvalue weighted by Crippen LogP contribution is 2.33. The lowest BCUT2D eigenvalue weighted by atomic mass is 10.0. The number of rotatable bonds is 9. The van der Waals surface area contributed by atoms with Crippen LogP contribution in [0.5, 0.6) is 0 Å². The van der Waals surface area contributed by atoms with Gasteiger partial charge < -0.3 is 14.6 Å². The van der Waals surface area contributed by atoms with Gasteiger partial charge in [-0.25, -0.2) is 24.4 Å². The number of alkyl halides is 3. The van der Waals surface area contributed by atoms with Crippen molar-refractivity contribution < 1.29 is 31.9 Å². The summed E-state index contributed by atoms with van der Waals surface area (Å²) < 4.78 is 61.2. The lowest BCUT2D eigenvalue weighted by Gasteiger charge is -2.19. The van der Waals surface area contributed by atoms with E-state index in [0.29, 0.717) is 53.6 Å². The number of ether oxygens (including phenoxy) is 1. The fourth-order valence-corrected chi connectivity index (χ4v) is 5.32. The van der Waals surface area contributed by atoms with Crippen LogP contribution in [0.1, 0.15) is 17.2 Å². The van der Waals surface area contributed by atoms with Gasteiger partial charge in [-0.3, -0.25) is 10.2 Å². The number of urea groups is 1. The molecule has 2 atom stereocenters. The van der Waals surface area contributed by atoms with Gasteiger partial charge in [-0.15, -0.1) is 0 Å². The van der Waals surface area contributed by atoms with Gasteiger partial charge in [-0.05, 0) is 42.8 Å². The third-order valence-corrected chi connectivity index (χ3v) is 7.42. The van der Waals surface area contributed by atoms with E-state index in [1.807, 2.05) is 18.2 Å². The Morgan fingerprint density at radius 2 is 1.93 bits per heavy atom. The highest BCUT2D eigenvalue weighted by atomic mass is 19.4. The number of anilines is 1. The van der Waals surface area contributed by atoms with Crippen LogP contribution in [0.15, 0.2) is 67.3 Å². The van der Waals surface area contributed by atoms with Gasteiger partial charge in [0.05, 0.1) is 35.9 Å². The number of para-hydroxylation sites is 1. The fourth-order valence-electron chi connectivity index (χ4n) is 5.32. The van der Waals surface area contributed by atoms with E-state index < -0.39 is 36.8 Å². The maximum atomic E-state index is 14.0. The number of aromatic nitrogens is 6. The van der Waals surface area contributed by atoms with Crippen LogP contribution in [-0.2, 0) is 16.1 Å². The van der Waals surface area contributed by atoms with Crippen molar-refractivity contribution in [2.24, 2.45) is 0 Å². The maximum absolute atomic E-state index is 14.0. The molecule has 12 nitrogen and oxygen atoms in total. The zero-order valence-electron chi connectivity index (χ0n) is 24.7. The summed E-state index contributed by atoms with van der Waals surface area (Å²) in [4.78, 5) is 31.4. The average Bonchev–Trinajstić information content (AvgIpc) is 3.71. The first-order valence-electron chi connectivity index (χ1n) is 14.2. The second kappa shape index (κ2) is 12.8. The lowest BCUT2D eigenvalue weighted by molar-refractivity contribution is -0.154. The van der Waals surface area contributed by atoms with Crippen LogP contribution in [0.2, 0.25) is 0 Å². The number of hydrogen-bond acceptors (Lipinski definition) is 8. The minimum Gasteiger partial charge on any atom is -0.383 e. The lowest BCUT2D eigenvalue weighted by Crippen LogP contribution is -2.42. The monoisotopic (exact) mass is 639 g/mol. The first-order chi connectivity index (χ1) is 22.1. The molecule has 16 heteroatoms. The number of fused-ring (bicyclic) bond motifs is 1. The van der Waals surface area contributed by atoms with Crippen LogP contribution < -0.4 is 10.6 Å². The first-order valence-corrected chi connectivity index (χ1v) is 14.2. The summed E-state index contributed by atoms with van der Waals surface area (Å²) in [6, 6.07) is 12.3. The molecule has 1 fully saturated rings. The first kappa shape index (κ1) is 31.1. The topological polar surface area (TPSA) is 124 Å². The van der Waals surface area contributed by atoms with Crippen LogP contribution in [0, 0.1) is 12.9 Å². The molecule has 5 heterocycles. The van der Waals surface area contributed by atoms with Crippen molar-refractivity contribution in [1.29, 1.82) is 0 Å². The zero-order chi connectivity index (χ0) is 32.4. The molecule has 0 unspecified atom stereocenters. The van der Waals surface area contributed by atoms with Crippen molar-refractivity contribution in [2.45, 2.75) is 31.8 Å². The molecule has 0 radical (unpaired) electrons. The van der Waals surface area contributed by atoms with E-state index in [-0.39, 0.29) is 11.2 Å². The van der Waals surface area contributed by atoms with Crippen molar-refractivity contribution >= 4 is 23.0 Å². The van der Waals surface area contributed by atoms with E-state index in [1.54, 1.807) is 43.4 Å². The number of amides is 2. The van der Waals surface area contributed by atoms with Gasteiger partial charge in [0.25, 0.3) is 0 Å². The summed E-state index contributed by atoms with van der Waals surface area (Å²) in [5.41, 5.74) is 2.85. The Morgan fingerprint density at radius 1 is 1.13 bits per heavy atom. The summed E-state index contributed by atoms with van der Waals surface area (Å²) >= 11 is 0. The summed E-state index contributed by atoms with van der Waals surface area (Å²) in [5.74, 6) is -0.354. The molecule has 0 aliphatic carbocycles. The Labute approximate surface area is 259 Å². The van der Waals surface area contributed by atoms with Crippen molar-refractivity contribution in [3.63, 3.8) is 0 Å². The van der Waals surface area contributed by atoms with E-state index in [0.717, 1.165) is 10.9 Å². The van der Waals surface area contributed by atoms with Gasteiger partial charge in [-0.1, -0.05) is 18.2 Å². The largest absolute Gasteiger partial charge is 0.406 e. The summed E-state index contributed by atoms with van der Waals surface area (Å²) in [6.07, 6.45) is -1.25. The van der Waals surface area contributed by atoms with Crippen LogP contribution in [0.3, 0.4) is 0 Å². The normalized spacial score (nSPS) is 17.1. The van der Waals surface area contributed by atoms with Crippen molar-refractivity contribution in [1.82, 2.24) is 39.7 Å². The molecule has 46 heavy (non-hydrogen) atoms. The molecule has 0 saturated carbocycles. The third-order valence-electron chi connectivity index (χ3n) is 7.42. The molecule has 1 aliphatic heterocycles. The molecule has 0 spiro atoms. The Balaban J connectivity index is 1.31. The SMILES string of the molecule is COCCN1C[C@@H](NC(=O)Nc2c(C)c(-c3cnc4ncn(CC(F)(F)F)c4c3)nn2-c2ccccc2)[C@H](c2ccnc(F)c2)O1. The number of nitrogens with one attached hydrogen (secondary N) is 2. The molecule has 240 valence electrons. The number of benzene rings is 1. The van der Waals surface area contributed by atoms with Crippen molar-refractivity contribution in [2.75, 3.05) is 32.1 Å². The molecule has 2 N–H and O–H groups in total. The summed E-state index contributed by atoms with van der Waals surface area (Å²) in [6.45, 7) is 1.61. The van der Waals surface area contributed by atoms with Crippen LogP contribution in [0.25, 0.3) is 28.1 Å².